The van der Waals surface area contributed by atoms with Crippen LogP contribution in [0.3, 0.4) is 0 Å². The molecule has 1 unspecified atom stereocenters. The summed E-state index contributed by atoms with van der Waals surface area (Å²) in [4.78, 5) is 0. The highest BCUT2D eigenvalue weighted by Crippen LogP contribution is 2.24. The molecule has 0 radical (unpaired) electrons. The lowest BCUT2D eigenvalue weighted by Gasteiger charge is -2.19. The molecule has 0 spiro atoms. The van der Waals surface area contributed by atoms with E-state index < -0.39 is 0 Å². The van der Waals surface area contributed by atoms with Crippen molar-refractivity contribution in [3.63, 3.8) is 0 Å². The maximum Gasteiger partial charge on any atom is 0.119 e. The van der Waals surface area contributed by atoms with Crippen molar-refractivity contribution in [1.82, 2.24) is 5.32 Å². The largest absolute Gasteiger partial charge is 0.492 e. The van der Waals surface area contributed by atoms with Gasteiger partial charge in [0.2, 0.25) is 0 Å². The van der Waals surface area contributed by atoms with Gasteiger partial charge in [-0.3, -0.25) is 0 Å². The van der Waals surface area contributed by atoms with Crippen molar-refractivity contribution in [2.75, 3.05) is 19.7 Å². The molecule has 0 aromatic heterocycles. The van der Waals surface area contributed by atoms with Gasteiger partial charge in [0.25, 0.3) is 0 Å². The molecule has 1 atom stereocenters. The summed E-state index contributed by atoms with van der Waals surface area (Å²) in [6.07, 6.45) is -0.309. The fraction of sp³-hybridized carbons (Fsp3) is 0.600. The Labute approximate surface area is 110 Å². The molecule has 0 aliphatic heterocycles. The van der Waals surface area contributed by atoms with Crippen molar-refractivity contribution in [3.05, 3.63) is 29.8 Å². The van der Waals surface area contributed by atoms with Gasteiger partial charge in [-0.15, -0.1) is 0 Å². The summed E-state index contributed by atoms with van der Waals surface area (Å²) in [5, 5.41) is 12.2. The number of hydrogen-bond acceptors (Lipinski definition) is 3. The van der Waals surface area contributed by atoms with Crippen LogP contribution in [0.4, 0.5) is 0 Å². The van der Waals surface area contributed by atoms with E-state index in [-0.39, 0.29) is 11.5 Å². The van der Waals surface area contributed by atoms with Gasteiger partial charge in [-0.1, -0.05) is 32.9 Å². The minimum absolute atomic E-state index is 0.178. The minimum Gasteiger partial charge on any atom is -0.492 e. The zero-order chi connectivity index (χ0) is 13.6. The third kappa shape index (κ3) is 5.52. The molecule has 0 aliphatic rings. The molecular formula is C15H25NO2. The van der Waals surface area contributed by atoms with E-state index in [2.05, 4.69) is 38.2 Å². The van der Waals surface area contributed by atoms with Gasteiger partial charge in [-0.2, -0.15) is 0 Å². The molecular weight excluding hydrogens is 226 g/mol. The highest BCUT2D eigenvalue weighted by Gasteiger charge is 2.12. The summed E-state index contributed by atoms with van der Waals surface area (Å²) in [6.45, 7) is 10.3. The first-order valence-corrected chi connectivity index (χ1v) is 6.52. The van der Waals surface area contributed by atoms with Gasteiger partial charge < -0.3 is 15.2 Å². The Hall–Kier alpha value is -1.06. The zero-order valence-electron chi connectivity index (χ0n) is 11.9. The van der Waals surface area contributed by atoms with Crippen molar-refractivity contribution in [2.24, 2.45) is 0 Å². The molecule has 1 aromatic carbocycles. The monoisotopic (exact) mass is 251 g/mol. The fourth-order valence-corrected chi connectivity index (χ4v) is 1.60. The van der Waals surface area contributed by atoms with E-state index in [0.717, 1.165) is 12.3 Å². The van der Waals surface area contributed by atoms with E-state index in [4.69, 9.17) is 9.84 Å². The summed E-state index contributed by atoms with van der Waals surface area (Å²) in [5.41, 5.74) is 1.49. The maximum atomic E-state index is 9.07. The Bertz CT molecular complexity index is 339. The van der Waals surface area contributed by atoms with E-state index in [1.54, 1.807) is 6.92 Å². The predicted molar refractivity (Wildman–Crippen MR) is 75.2 cm³/mol. The van der Waals surface area contributed by atoms with Crippen molar-refractivity contribution < 1.29 is 9.84 Å². The molecule has 0 amide bonds. The third-order valence-corrected chi connectivity index (χ3v) is 2.71. The van der Waals surface area contributed by atoms with Crippen LogP contribution in [0.5, 0.6) is 5.75 Å². The van der Waals surface area contributed by atoms with Crippen molar-refractivity contribution in [3.8, 4) is 5.75 Å². The first kappa shape index (κ1) is 15.0. The second kappa shape index (κ2) is 6.76. The number of aliphatic hydroxyl groups is 1. The molecule has 0 saturated carbocycles. The lowest BCUT2D eigenvalue weighted by Crippen LogP contribution is -2.28. The third-order valence-electron chi connectivity index (χ3n) is 2.71. The normalized spacial score (nSPS) is 13.4. The quantitative estimate of drug-likeness (QED) is 0.763. The van der Waals surface area contributed by atoms with Crippen molar-refractivity contribution in [1.29, 1.82) is 0 Å². The second-order valence-electron chi connectivity index (χ2n) is 5.68. The number of ether oxygens (including phenoxy) is 1. The molecule has 0 aliphatic carbocycles. The highest BCUT2D eigenvalue weighted by molar-refractivity contribution is 5.31. The van der Waals surface area contributed by atoms with E-state index in [1.165, 1.54) is 5.56 Å². The minimum atomic E-state index is -0.309. The van der Waals surface area contributed by atoms with Crippen LogP contribution in [0, 0.1) is 0 Å². The summed E-state index contributed by atoms with van der Waals surface area (Å²) in [5.74, 6) is 0.891. The van der Waals surface area contributed by atoms with E-state index in [9.17, 15) is 0 Å². The topological polar surface area (TPSA) is 41.5 Å². The van der Waals surface area contributed by atoms with Crippen LogP contribution in [0.2, 0.25) is 0 Å². The number of nitrogens with one attached hydrogen (secondary N) is 1. The molecule has 2 N–H and O–H groups in total. The molecule has 0 bridgehead atoms. The number of benzene rings is 1. The predicted octanol–water partition coefficient (Wildman–Crippen LogP) is 2.33. The Kier molecular flexibility index (Phi) is 5.63. The van der Waals surface area contributed by atoms with Gasteiger partial charge in [0.15, 0.2) is 0 Å². The van der Waals surface area contributed by atoms with Crippen LogP contribution in [0.25, 0.3) is 0 Å². The molecule has 18 heavy (non-hydrogen) atoms. The smallest absolute Gasteiger partial charge is 0.119 e. The summed E-state index contributed by atoms with van der Waals surface area (Å²) < 4.78 is 5.61. The van der Waals surface area contributed by atoms with Gasteiger partial charge >= 0.3 is 0 Å². The lowest BCUT2D eigenvalue weighted by atomic mass is 9.87. The fourth-order valence-electron chi connectivity index (χ4n) is 1.60. The summed E-state index contributed by atoms with van der Waals surface area (Å²) >= 11 is 0. The Morgan fingerprint density at radius 3 is 2.33 bits per heavy atom. The number of aliphatic hydroxyl groups excluding tert-OH is 1. The first-order valence-electron chi connectivity index (χ1n) is 6.52. The van der Waals surface area contributed by atoms with E-state index >= 15 is 0 Å². The average molecular weight is 251 g/mol. The van der Waals surface area contributed by atoms with Crippen LogP contribution in [-0.4, -0.2) is 30.9 Å². The van der Waals surface area contributed by atoms with Gasteiger partial charge in [-0.05, 0) is 30.0 Å². The van der Waals surface area contributed by atoms with Gasteiger partial charge in [0.05, 0.1) is 6.10 Å². The molecule has 3 heteroatoms. The highest BCUT2D eigenvalue weighted by atomic mass is 16.5. The SMILES string of the molecule is CC(O)CNCCOc1ccc(C(C)(C)C)cc1. The molecule has 1 rings (SSSR count). The molecule has 102 valence electrons. The first-order chi connectivity index (χ1) is 8.39. The van der Waals surface area contributed by atoms with Crippen LogP contribution in [0.15, 0.2) is 24.3 Å². The van der Waals surface area contributed by atoms with Crippen LogP contribution >= 0.6 is 0 Å². The van der Waals surface area contributed by atoms with E-state index in [1.807, 2.05) is 12.1 Å². The molecule has 0 fully saturated rings. The van der Waals surface area contributed by atoms with Crippen LogP contribution < -0.4 is 10.1 Å². The number of rotatable bonds is 6. The van der Waals surface area contributed by atoms with Crippen molar-refractivity contribution >= 4 is 0 Å². The second-order valence-corrected chi connectivity index (χ2v) is 5.68. The molecule has 0 saturated heterocycles. The van der Waals surface area contributed by atoms with Crippen molar-refractivity contribution in [2.45, 2.75) is 39.2 Å². The number of hydrogen-bond donors (Lipinski definition) is 2. The van der Waals surface area contributed by atoms with Gasteiger partial charge in [0, 0.05) is 13.1 Å². The standard InChI is InChI=1S/C15H25NO2/c1-12(17)11-16-9-10-18-14-7-5-13(6-8-14)15(2,3)4/h5-8,12,16-17H,9-11H2,1-4H3. The maximum absolute atomic E-state index is 9.07. The van der Waals surface area contributed by atoms with Gasteiger partial charge in [-0.25, -0.2) is 0 Å². The van der Waals surface area contributed by atoms with Crippen LogP contribution in [-0.2, 0) is 5.41 Å². The lowest BCUT2D eigenvalue weighted by molar-refractivity contribution is 0.188. The molecule has 1 aromatic rings. The van der Waals surface area contributed by atoms with Gasteiger partial charge in [0.1, 0.15) is 12.4 Å². The average Bonchev–Trinajstić information content (AvgIpc) is 2.27. The Morgan fingerprint density at radius 2 is 1.83 bits per heavy atom. The molecule has 3 nitrogen and oxygen atoms in total. The van der Waals surface area contributed by atoms with E-state index in [0.29, 0.717) is 13.2 Å². The Balaban J connectivity index is 2.31. The summed E-state index contributed by atoms with van der Waals surface area (Å²) in [7, 11) is 0. The zero-order valence-corrected chi connectivity index (χ0v) is 11.9. The molecule has 0 heterocycles. The van der Waals surface area contributed by atoms with Crippen LogP contribution in [0.1, 0.15) is 33.3 Å². The Morgan fingerprint density at radius 1 is 1.22 bits per heavy atom. The summed E-state index contributed by atoms with van der Waals surface area (Å²) in [6, 6.07) is 8.24.